The first-order valence-electron chi connectivity index (χ1n) is 4.68. The molecule has 0 aliphatic heterocycles. The molecule has 0 N–H and O–H groups in total. The second kappa shape index (κ2) is 5.77. The SMILES string of the molecule is CC(SCCC(F)(F)F)c1ccc(Cl)cn1. The molecule has 1 unspecified atom stereocenters. The molecule has 90 valence electrons. The zero-order chi connectivity index (χ0) is 12.2. The van der Waals surface area contributed by atoms with Crippen LogP contribution in [-0.4, -0.2) is 16.9 Å². The average molecular weight is 270 g/mol. The summed E-state index contributed by atoms with van der Waals surface area (Å²) in [5.41, 5.74) is 0.747. The third kappa shape index (κ3) is 5.07. The zero-order valence-electron chi connectivity index (χ0n) is 8.59. The van der Waals surface area contributed by atoms with Crippen LogP contribution < -0.4 is 0 Å². The molecule has 0 fully saturated rings. The average Bonchev–Trinajstić information content (AvgIpc) is 2.16. The molecule has 0 aliphatic rings. The molecule has 0 saturated carbocycles. The van der Waals surface area contributed by atoms with Gasteiger partial charge in [-0.2, -0.15) is 24.9 Å². The number of thioether (sulfide) groups is 1. The van der Waals surface area contributed by atoms with Crippen LogP contribution in [0.1, 0.15) is 24.3 Å². The summed E-state index contributed by atoms with van der Waals surface area (Å²) in [6, 6.07) is 3.41. The minimum Gasteiger partial charge on any atom is -0.259 e. The minimum atomic E-state index is -4.08. The maximum Gasteiger partial charge on any atom is 0.389 e. The maximum absolute atomic E-state index is 11.9. The van der Waals surface area contributed by atoms with E-state index in [0.29, 0.717) is 5.02 Å². The molecule has 1 aromatic heterocycles. The zero-order valence-corrected chi connectivity index (χ0v) is 10.2. The van der Waals surface area contributed by atoms with Crippen molar-refractivity contribution in [3.63, 3.8) is 0 Å². The molecule has 1 rings (SSSR count). The number of hydrogen-bond donors (Lipinski definition) is 0. The number of nitrogens with zero attached hydrogens (tertiary/aromatic N) is 1. The fraction of sp³-hybridized carbons (Fsp3) is 0.500. The maximum atomic E-state index is 11.9. The van der Waals surface area contributed by atoms with Crippen LogP contribution in [0.2, 0.25) is 5.02 Å². The third-order valence-corrected chi connectivity index (χ3v) is 3.33. The Balaban J connectivity index is 2.41. The minimum absolute atomic E-state index is 0.0506. The molecule has 1 heterocycles. The summed E-state index contributed by atoms with van der Waals surface area (Å²) in [5.74, 6) is 0.0506. The van der Waals surface area contributed by atoms with Crippen LogP contribution >= 0.6 is 23.4 Å². The summed E-state index contributed by atoms with van der Waals surface area (Å²) in [4.78, 5) is 4.06. The first-order chi connectivity index (χ1) is 7.38. The number of pyridine rings is 1. The van der Waals surface area contributed by atoms with E-state index in [-0.39, 0.29) is 11.0 Å². The molecule has 1 atom stereocenters. The molecule has 1 nitrogen and oxygen atoms in total. The molecule has 0 saturated heterocycles. The highest BCUT2D eigenvalue weighted by molar-refractivity contribution is 7.99. The number of aromatic nitrogens is 1. The van der Waals surface area contributed by atoms with Crippen molar-refractivity contribution in [3.8, 4) is 0 Å². The molecule has 0 amide bonds. The Hall–Kier alpha value is -0.420. The van der Waals surface area contributed by atoms with Crippen LogP contribution in [0.25, 0.3) is 0 Å². The topological polar surface area (TPSA) is 12.9 Å². The van der Waals surface area contributed by atoms with Crippen molar-refractivity contribution < 1.29 is 13.2 Å². The van der Waals surface area contributed by atoms with E-state index in [4.69, 9.17) is 11.6 Å². The second-order valence-electron chi connectivity index (χ2n) is 3.28. The predicted octanol–water partition coefficient (Wildman–Crippen LogP) is 4.48. The fourth-order valence-corrected chi connectivity index (χ4v) is 2.19. The van der Waals surface area contributed by atoms with E-state index in [1.807, 2.05) is 6.92 Å². The van der Waals surface area contributed by atoms with Gasteiger partial charge in [-0.05, 0) is 19.1 Å². The molecule has 6 heteroatoms. The summed E-state index contributed by atoms with van der Waals surface area (Å²) < 4.78 is 35.7. The Morgan fingerprint density at radius 3 is 2.62 bits per heavy atom. The monoisotopic (exact) mass is 269 g/mol. The summed E-state index contributed by atoms with van der Waals surface area (Å²) in [6.45, 7) is 1.83. The number of halogens is 4. The van der Waals surface area contributed by atoms with Crippen LogP contribution in [0.15, 0.2) is 18.3 Å². The highest BCUT2D eigenvalue weighted by Gasteiger charge is 2.26. The van der Waals surface area contributed by atoms with Gasteiger partial charge in [-0.3, -0.25) is 4.98 Å². The quantitative estimate of drug-likeness (QED) is 0.799. The van der Waals surface area contributed by atoms with Gasteiger partial charge in [0.25, 0.3) is 0 Å². The van der Waals surface area contributed by atoms with Gasteiger partial charge in [0.15, 0.2) is 0 Å². The van der Waals surface area contributed by atoms with Crippen LogP contribution in [0.5, 0.6) is 0 Å². The first-order valence-corrected chi connectivity index (χ1v) is 6.11. The normalized spacial score (nSPS) is 13.8. The van der Waals surface area contributed by atoms with Gasteiger partial charge >= 0.3 is 6.18 Å². The molecular formula is C10H11ClF3NS. The molecule has 16 heavy (non-hydrogen) atoms. The van der Waals surface area contributed by atoms with E-state index >= 15 is 0 Å². The Morgan fingerprint density at radius 1 is 1.44 bits per heavy atom. The Labute approximate surface area is 101 Å². The van der Waals surface area contributed by atoms with Crippen molar-refractivity contribution in [2.24, 2.45) is 0 Å². The molecule has 0 aliphatic carbocycles. The molecule has 0 aromatic carbocycles. The summed E-state index contributed by atoms with van der Waals surface area (Å²) in [7, 11) is 0. The van der Waals surface area contributed by atoms with Crippen LogP contribution in [0, 0.1) is 0 Å². The van der Waals surface area contributed by atoms with Crippen LogP contribution in [0.3, 0.4) is 0 Å². The highest BCUT2D eigenvalue weighted by atomic mass is 35.5. The molecule has 0 bridgehead atoms. The van der Waals surface area contributed by atoms with Crippen molar-refractivity contribution in [1.29, 1.82) is 0 Å². The van der Waals surface area contributed by atoms with Gasteiger partial charge in [-0.1, -0.05) is 11.6 Å². The standard InChI is InChI=1S/C10H11ClF3NS/c1-7(16-5-4-10(12,13)14)9-3-2-8(11)6-15-9/h2-3,6-7H,4-5H2,1H3. The number of alkyl halides is 3. The molecule has 0 radical (unpaired) electrons. The highest BCUT2D eigenvalue weighted by Crippen LogP contribution is 2.30. The lowest BCUT2D eigenvalue weighted by molar-refractivity contribution is -0.129. The first kappa shape index (κ1) is 13.6. The van der Waals surface area contributed by atoms with Crippen LogP contribution in [0.4, 0.5) is 13.2 Å². The Morgan fingerprint density at radius 2 is 2.12 bits per heavy atom. The van der Waals surface area contributed by atoms with Gasteiger partial charge in [-0.15, -0.1) is 0 Å². The largest absolute Gasteiger partial charge is 0.389 e. The number of rotatable bonds is 4. The van der Waals surface area contributed by atoms with Gasteiger partial charge in [0, 0.05) is 17.2 Å². The van der Waals surface area contributed by atoms with Gasteiger partial charge in [0.2, 0.25) is 0 Å². The van der Waals surface area contributed by atoms with E-state index in [1.54, 1.807) is 12.1 Å². The molecule has 0 spiro atoms. The van der Waals surface area contributed by atoms with Crippen molar-refractivity contribution in [3.05, 3.63) is 29.0 Å². The van der Waals surface area contributed by atoms with Crippen molar-refractivity contribution in [1.82, 2.24) is 4.98 Å². The van der Waals surface area contributed by atoms with Gasteiger partial charge in [0.1, 0.15) is 0 Å². The van der Waals surface area contributed by atoms with E-state index < -0.39 is 12.6 Å². The van der Waals surface area contributed by atoms with Crippen molar-refractivity contribution in [2.45, 2.75) is 24.8 Å². The second-order valence-corrected chi connectivity index (χ2v) is 5.16. The smallest absolute Gasteiger partial charge is 0.259 e. The summed E-state index contributed by atoms with van der Waals surface area (Å²) in [6.07, 6.45) is -3.35. The van der Waals surface area contributed by atoms with E-state index in [1.165, 1.54) is 18.0 Å². The Bertz CT molecular complexity index is 326. The molecule has 1 aromatic rings. The lowest BCUT2D eigenvalue weighted by Gasteiger charge is -2.11. The lowest BCUT2D eigenvalue weighted by atomic mass is 10.3. The van der Waals surface area contributed by atoms with E-state index in [0.717, 1.165) is 5.69 Å². The van der Waals surface area contributed by atoms with Gasteiger partial charge < -0.3 is 0 Å². The fourth-order valence-electron chi connectivity index (χ4n) is 1.06. The van der Waals surface area contributed by atoms with Crippen molar-refractivity contribution in [2.75, 3.05) is 5.75 Å². The molecular weight excluding hydrogens is 259 g/mol. The van der Waals surface area contributed by atoms with Gasteiger partial charge in [-0.25, -0.2) is 0 Å². The third-order valence-electron chi connectivity index (χ3n) is 1.92. The van der Waals surface area contributed by atoms with E-state index in [2.05, 4.69) is 4.98 Å². The predicted molar refractivity (Wildman–Crippen MR) is 60.8 cm³/mol. The Kier molecular flexibility index (Phi) is 4.92. The summed E-state index contributed by atoms with van der Waals surface area (Å²) >= 11 is 6.90. The number of hydrogen-bond acceptors (Lipinski definition) is 2. The summed E-state index contributed by atoms with van der Waals surface area (Å²) in [5, 5.41) is 0.468. The van der Waals surface area contributed by atoms with E-state index in [9.17, 15) is 13.2 Å². The van der Waals surface area contributed by atoms with Crippen molar-refractivity contribution >= 4 is 23.4 Å². The van der Waals surface area contributed by atoms with Gasteiger partial charge in [0.05, 0.1) is 17.1 Å². The van der Waals surface area contributed by atoms with Crippen LogP contribution in [-0.2, 0) is 0 Å². The lowest BCUT2D eigenvalue weighted by Crippen LogP contribution is -2.08.